The van der Waals surface area contributed by atoms with Crippen LogP contribution in [-0.4, -0.2) is 35.8 Å². The third-order valence-electron chi connectivity index (χ3n) is 4.41. The maximum Gasteiger partial charge on any atom is 0.0795 e. The van der Waals surface area contributed by atoms with E-state index < -0.39 is 0 Å². The van der Waals surface area contributed by atoms with Gasteiger partial charge in [0.05, 0.1) is 5.60 Å². The summed E-state index contributed by atoms with van der Waals surface area (Å²) in [6.07, 6.45) is 6.53. The lowest BCUT2D eigenvalue weighted by Gasteiger charge is -2.42. The second kappa shape index (κ2) is 4.51. The van der Waals surface area contributed by atoms with Crippen LogP contribution in [0.3, 0.4) is 0 Å². The molecule has 1 aliphatic carbocycles. The topological polar surface area (TPSA) is 21.3 Å². The van der Waals surface area contributed by atoms with Crippen LogP contribution >= 0.6 is 11.8 Å². The highest BCUT2D eigenvalue weighted by atomic mass is 32.2. The summed E-state index contributed by atoms with van der Waals surface area (Å²) >= 11 is 2.07. The monoisotopic (exact) mass is 241 g/mol. The average Bonchev–Trinajstić information content (AvgIpc) is 2.64. The highest BCUT2D eigenvalue weighted by molar-refractivity contribution is 7.99. The van der Waals surface area contributed by atoms with Gasteiger partial charge >= 0.3 is 0 Å². The van der Waals surface area contributed by atoms with Gasteiger partial charge in [-0.1, -0.05) is 6.92 Å². The third kappa shape index (κ3) is 2.27. The number of thioether (sulfide) groups is 1. The molecule has 16 heavy (non-hydrogen) atoms. The zero-order chi connectivity index (χ0) is 11.0. The molecule has 0 amide bonds. The fourth-order valence-electron chi connectivity index (χ4n) is 3.41. The van der Waals surface area contributed by atoms with Gasteiger partial charge in [0.1, 0.15) is 0 Å². The summed E-state index contributed by atoms with van der Waals surface area (Å²) in [4.78, 5) is 0. The molecule has 1 N–H and O–H groups in total. The summed E-state index contributed by atoms with van der Waals surface area (Å²) in [7, 11) is 0. The highest BCUT2D eigenvalue weighted by Crippen LogP contribution is 2.39. The maximum atomic E-state index is 6.05. The van der Waals surface area contributed by atoms with Crippen LogP contribution in [0.2, 0.25) is 0 Å². The Morgan fingerprint density at radius 1 is 1.31 bits per heavy atom. The molecular weight excluding hydrogens is 218 g/mol. The summed E-state index contributed by atoms with van der Waals surface area (Å²) in [5, 5.41) is 3.85. The van der Waals surface area contributed by atoms with Crippen LogP contribution in [0.5, 0.6) is 0 Å². The predicted octanol–water partition coefficient (Wildman–Crippen LogP) is 2.43. The van der Waals surface area contributed by atoms with E-state index in [1.54, 1.807) is 0 Å². The minimum Gasteiger partial charge on any atom is -0.374 e. The molecule has 2 aliphatic heterocycles. The smallest absolute Gasteiger partial charge is 0.0795 e. The van der Waals surface area contributed by atoms with Crippen molar-refractivity contribution in [2.24, 2.45) is 5.92 Å². The Kier molecular flexibility index (Phi) is 3.20. The van der Waals surface area contributed by atoms with Crippen molar-refractivity contribution in [1.29, 1.82) is 0 Å². The number of hydrogen-bond acceptors (Lipinski definition) is 3. The quantitative estimate of drug-likeness (QED) is 0.802. The SMILES string of the molecule is CC1CC(NC2CCOC3(CCSC3)C2)C1. The van der Waals surface area contributed by atoms with Crippen LogP contribution in [0.4, 0.5) is 0 Å². The Morgan fingerprint density at radius 2 is 2.19 bits per heavy atom. The van der Waals surface area contributed by atoms with Gasteiger partial charge in [-0.15, -0.1) is 0 Å². The first-order chi connectivity index (χ1) is 7.76. The Labute approximate surface area is 103 Å². The molecule has 2 saturated heterocycles. The number of ether oxygens (including phenoxy) is 1. The van der Waals surface area contributed by atoms with Gasteiger partial charge < -0.3 is 10.1 Å². The maximum absolute atomic E-state index is 6.05. The van der Waals surface area contributed by atoms with E-state index >= 15 is 0 Å². The van der Waals surface area contributed by atoms with Crippen molar-refractivity contribution >= 4 is 11.8 Å². The van der Waals surface area contributed by atoms with E-state index in [1.165, 1.54) is 43.6 Å². The van der Waals surface area contributed by atoms with E-state index in [0.717, 1.165) is 24.6 Å². The van der Waals surface area contributed by atoms with E-state index in [0.29, 0.717) is 0 Å². The Hall–Kier alpha value is 0.270. The Balaban J connectivity index is 1.52. The standard InChI is InChI=1S/C13H23NOS/c1-10-6-12(7-10)14-11-2-4-15-13(8-11)3-5-16-9-13/h10-12,14H,2-9H2,1H3. The van der Waals surface area contributed by atoms with Gasteiger partial charge in [0.2, 0.25) is 0 Å². The fourth-order valence-corrected chi connectivity index (χ4v) is 4.78. The van der Waals surface area contributed by atoms with Crippen LogP contribution in [0, 0.1) is 5.92 Å². The van der Waals surface area contributed by atoms with Crippen molar-refractivity contribution in [2.75, 3.05) is 18.1 Å². The first kappa shape index (κ1) is 11.4. The average molecular weight is 241 g/mol. The van der Waals surface area contributed by atoms with Gasteiger partial charge in [0.25, 0.3) is 0 Å². The van der Waals surface area contributed by atoms with Gasteiger partial charge in [-0.2, -0.15) is 11.8 Å². The van der Waals surface area contributed by atoms with Gasteiger partial charge in [-0.3, -0.25) is 0 Å². The lowest BCUT2D eigenvalue weighted by molar-refractivity contribution is -0.0730. The largest absolute Gasteiger partial charge is 0.374 e. The third-order valence-corrected chi connectivity index (χ3v) is 5.63. The first-order valence-corrected chi connectivity index (χ1v) is 7.89. The molecule has 2 heterocycles. The summed E-state index contributed by atoms with van der Waals surface area (Å²) in [5.41, 5.74) is 0.246. The molecule has 0 aromatic heterocycles. The van der Waals surface area contributed by atoms with Crippen molar-refractivity contribution in [2.45, 2.75) is 56.7 Å². The minimum absolute atomic E-state index is 0.246. The van der Waals surface area contributed by atoms with Gasteiger partial charge in [0, 0.05) is 24.4 Å². The van der Waals surface area contributed by atoms with Gasteiger partial charge in [0.15, 0.2) is 0 Å². The summed E-state index contributed by atoms with van der Waals surface area (Å²) in [6, 6.07) is 1.54. The molecule has 3 rings (SSSR count). The van der Waals surface area contributed by atoms with Crippen molar-refractivity contribution in [3.63, 3.8) is 0 Å². The van der Waals surface area contributed by atoms with Crippen molar-refractivity contribution in [1.82, 2.24) is 5.32 Å². The van der Waals surface area contributed by atoms with Crippen LogP contribution in [0.25, 0.3) is 0 Å². The summed E-state index contributed by atoms with van der Waals surface area (Å²) in [6.45, 7) is 3.33. The van der Waals surface area contributed by atoms with Crippen LogP contribution < -0.4 is 5.32 Å². The molecule has 1 saturated carbocycles. The molecule has 3 fully saturated rings. The van der Waals surface area contributed by atoms with E-state index in [4.69, 9.17) is 4.74 Å². The van der Waals surface area contributed by atoms with E-state index in [1.807, 2.05) is 0 Å². The van der Waals surface area contributed by atoms with Crippen molar-refractivity contribution < 1.29 is 4.74 Å². The molecule has 0 bridgehead atoms. The van der Waals surface area contributed by atoms with E-state index in [9.17, 15) is 0 Å². The van der Waals surface area contributed by atoms with E-state index in [-0.39, 0.29) is 5.60 Å². The minimum atomic E-state index is 0.246. The van der Waals surface area contributed by atoms with Gasteiger partial charge in [-0.05, 0) is 43.8 Å². The molecule has 2 nitrogen and oxygen atoms in total. The zero-order valence-corrected chi connectivity index (χ0v) is 11.0. The van der Waals surface area contributed by atoms with Crippen molar-refractivity contribution in [3.05, 3.63) is 0 Å². The molecule has 2 atom stereocenters. The van der Waals surface area contributed by atoms with Gasteiger partial charge in [-0.25, -0.2) is 0 Å². The predicted molar refractivity (Wildman–Crippen MR) is 69.0 cm³/mol. The second-order valence-corrected chi connectivity index (χ2v) is 7.07. The molecule has 3 heteroatoms. The summed E-state index contributed by atoms with van der Waals surface area (Å²) in [5.74, 6) is 3.48. The molecule has 0 radical (unpaired) electrons. The molecule has 0 aromatic rings. The normalized spacial score (nSPS) is 48.2. The molecule has 1 spiro atoms. The fraction of sp³-hybridized carbons (Fsp3) is 1.00. The highest BCUT2D eigenvalue weighted by Gasteiger charge is 2.41. The first-order valence-electron chi connectivity index (χ1n) is 6.74. The summed E-state index contributed by atoms with van der Waals surface area (Å²) < 4.78 is 6.05. The molecule has 0 aromatic carbocycles. The van der Waals surface area contributed by atoms with Crippen molar-refractivity contribution in [3.8, 4) is 0 Å². The van der Waals surface area contributed by atoms with Crippen LogP contribution in [-0.2, 0) is 4.74 Å². The van der Waals surface area contributed by atoms with E-state index in [2.05, 4.69) is 24.0 Å². The lowest BCUT2D eigenvalue weighted by atomic mass is 9.80. The molecular formula is C13H23NOS. The number of nitrogens with one attached hydrogen (secondary N) is 1. The Bertz CT molecular complexity index is 246. The second-order valence-electron chi connectivity index (χ2n) is 5.96. The van der Waals surface area contributed by atoms with Crippen LogP contribution in [0.1, 0.15) is 39.0 Å². The lowest BCUT2D eigenvalue weighted by Crippen LogP contribution is -2.52. The Morgan fingerprint density at radius 3 is 2.88 bits per heavy atom. The molecule has 3 aliphatic rings. The van der Waals surface area contributed by atoms with Crippen LogP contribution in [0.15, 0.2) is 0 Å². The molecule has 92 valence electrons. The number of rotatable bonds is 2. The molecule has 2 unspecified atom stereocenters. The number of hydrogen-bond donors (Lipinski definition) is 1. The zero-order valence-electron chi connectivity index (χ0n) is 10.2.